The maximum absolute atomic E-state index is 11.5. The molecule has 0 radical (unpaired) electrons. The number of aliphatic carboxylic acids is 1. The maximum atomic E-state index is 11.5. The average Bonchev–Trinajstić information content (AvgIpc) is 2.10. The van der Waals surface area contributed by atoms with Crippen LogP contribution in [0, 0.1) is 0 Å². The highest BCUT2D eigenvalue weighted by atomic mass is 32.2. The Balaban J connectivity index is 3.83. The first-order valence-electron chi connectivity index (χ1n) is 4.83. The molecule has 4 nitrogen and oxygen atoms in total. The Bertz CT molecular complexity index is 269. The molecule has 0 aliphatic carbocycles. The summed E-state index contributed by atoms with van der Waals surface area (Å²) in [6.07, 6.45) is 1.54. The van der Waals surface area contributed by atoms with Gasteiger partial charge in [-0.3, -0.25) is 4.79 Å². The van der Waals surface area contributed by atoms with Crippen molar-refractivity contribution in [2.75, 3.05) is 5.75 Å². The maximum Gasteiger partial charge on any atom is 0.303 e. The van der Waals surface area contributed by atoms with Crippen LogP contribution >= 0.6 is 0 Å². The second kappa shape index (κ2) is 6.01. The molecule has 0 fully saturated rings. The van der Waals surface area contributed by atoms with E-state index in [1.165, 1.54) is 0 Å². The molecule has 0 aromatic heterocycles. The van der Waals surface area contributed by atoms with Crippen molar-refractivity contribution in [1.82, 2.24) is 0 Å². The van der Waals surface area contributed by atoms with Gasteiger partial charge in [-0.05, 0) is 26.2 Å². The summed E-state index contributed by atoms with van der Waals surface area (Å²) in [5, 5.41) is 8.04. The van der Waals surface area contributed by atoms with E-state index in [-0.39, 0.29) is 17.4 Å². The number of rotatable bonds is 7. The molecule has 1 atom stereocenters. The van der Waals surface area contributed by atoms with Crippen LogP contribution in [0.1, 0.15) is 39.5 Å². The van der Waals surface area contributed by atoms with E-state index in [2.05, 4.69) is 0 Å². The van der Waals surface area contributed by atoms with Crippen LogP contribution in [0.4, 0.5) is 0 Å². The molecular weight excluding hydrogens is 204 g/mol. The van der Waals surface area contributed by atoms with Gasteiger partial charge >= 0.3 is 5.97 Å². The normalized spacial score (nSPS) is 13.9. The van der Waals surface area contributed by atoms with Crippen LogP contribution in [-0.2, 0) is 14.6 Å². The summed E-state index contributed by atoms with van der Waals surface area (Å²) in [4.78, 5) is 10.2. The molecule has 0 bridgehead atoms. The number of sulfone groups is 1. The van der Waals surface area contributed by atoms with Gasteiger partial charge in [-0.2, -0.15) is 0 Å². The third-order valence-electron chi connectivity index (χ3n) is 2.26. The van der Waals surface area contributed by atoms with Crippen LogP contribution in [0.3, 0.4) is 0 Å². The van der Waals surface area contributed by atoms with Gasteiger partial charge < -0.3 is 5.11 Å². The molecule has 0 aromatic rings. The minimum absolute atomic E-state index is 0.0516. The van der Waals surface area contributed by atoms with Gasteiger partial charge in [-0.25, -0.2) is 8.42 Å². The van der Waals surface area contributed by atoms with E-state index in [1.54, 1.807) is 6.92 Å². The number of hydrogen-bond acceptors (Lipinski definition) is 3. The van der Waals surface area contributed by atoms with Crippen LogP contribution in [-0.4, -0.2) is 30.5 Å². The molecular formula is C9H18O4S. The zero-order valence-corrected chi connectivity index (χ0v) is 9.51. The van der Waals surface area contributed by atoms with Crippen LogP contribution < -0.4 is 0 Å². The van der Waals surface area contributed by atoms with Gasteiger partial charge in [0.2, 0.25) is 0 Å². The third-order valence-corrected chi connectivity index (χ3v) is 4.67. The fraction of sp³-hybridized carbons (Fsp3) is 0.889. The summed E-state index contributed by atoms with van der Waals surface area (Å²) in [5.74, 6) is -0.763. The van der Waals surface area contributed by atoms with E-state index in [9.17, 15) is 13.2 Å². The van der Waals surface area contributed by atoms with Gasteiger partial charge in [-0.15, -0.1) is 0 Å². The van der Waals surface area contributed by atoms with Gasteiger partial charge in [0.15, 0.2) is 9.84 Å². The summed E-state index contributed by atoms with van der Waals surface area (Å²) in [6, 6.07) is 0. The molecule has 14 heavy (non-hydrogen) atoms. The van der Waals surface area contributed by atoms with Crippen LogP contribution in [0.15, 0.2) is 0 Å². The summed E-state index contributed by atoms with van der Waals surface area (Å²) in [7, 11) is -3.00. The van der Waals surface area contributed by atoms with Crippen molar-refractivity contribution in [2.24, 2.45) is 0 Å². The fourth-order valence-corrected chi connectivity index (χ4v) is 2.55. The van der Waals surface area contributed by atoms with Crippen LogP contribution in [0.25, 0.3) is 0 Å². The largest absolute Gasteiger partial charge is 0.481 e. The molecule has 0 rings (SSSR count). The Morgan fingerprint density at radius 2 is 1.93 bits per heavy atom. The van der Waals surface area contributed by atoms with Crippen molar-refractivity contribution < 1.29 is 18.3 Å². The zero-order valence-electron chi connectivity index (χ0n) is 8.69. The van der Waals surface area contributed by atoms with Gasteiger partial charge in [0.05, 0.1) is 11.0 Å². The molecule has 5 heteroatoms. The van der Waals surface area contributed by atoms with E-state index in [1.807, 2.05) is 6.92 Å². The number of carbonyl (C=O) groups is 1. The van der Waals surface area contributed by atoms with Crippen molar-refractivity contribution in [3.63, 3.8) is 0 Å². The lowest BCUT2D eigenvalue weighted by molar-refractivity contribution is -0.137. The summed E-state index contributed by atoms with van der Waals surface area (Å²) in [5.41, 5.74) is 0. The lowest BCUT2D eigenvalue weighted by Gasteiger charge is -2.09. The molecule has 0 aliphatic rings. The number of carboxylic acids is 1. The molecule has 1 unspecified atom stereocenters. The number of hydrogen-bond donors (Lipinski definition) is 1. The number of carboxylic acid groups (broad SMARTS) is 1. The summed E-state index contributed by atoms with van der Waals surface area (Å²) < 4.78 is 22.9. The minimum Gasteiger partial charge on any atom is -0.481 e. The van der Waals surface area contributed by atoms with E-state index in [0.29, 0.717) is 19.3 Å². The van der Waals surface area contributed by atoms with Crippen molar-refractivity contribution in [3.05, 3.63) is 0 Å². The molecule has 0 saturated carbocycles. The summed E-state index contributed by atoms with van der Waals surface area (Å²) >= 11 is 0. The van der Waals surface area contributed by atoms with Gasteiger partial charge in [-0.1, -0.05) is 6.92 Å². The molecule has 0 aliphatic heterocycles. The van der Waals surface area contributed by atoms with Crippen LogP contribution in [0.2, 0.25) is 0 Å². The van der Waals surface area contributed by atoms with Crippen molar-refractivity contribution >= 4 is 15.8 Å². The Kier molecular flexibility index (Phi) is 5.76. The number of unbranched alkanes of at least 4 members (excludes halogenated alkanes) is 1. The van der Waals surface area contributed by atoms with Crippen molar-refractivity contribution in [2.45, 2.75) is 44.8 Å². The second-order valence-electron chi connectivity index (χ2n) is 3.44. The predicted octanol–water partition coefficient (Wildman–Crippen LogP) is 1.45. The topological polar surface area (TPSA) is 71.4 Å². The van der Waals surface area contributed by atoms with Gasteiger partial charge in [0, 0.05) is 6.42 Å². The lowest BCUT2D eigenvalue weighted by Crippen LogP contribution is -2.20. The van der Waals surface area contributed by atoms with E-state index < -0.39 is 15.8 Å². The third kappa shape index (κ3) is 5.21. The summed E-state index contributed by atoms with van der Waals surface area (Å²) in [6.45, 7) is 3.52. The van der Waals surface area contributed by atoms with Crippen molar-refractivity contribution in [1.29, 1.82) is 0 Å². The monoisotopic (exact) mass is 222 g/mol. The Morgan fingerprint density at radius 1 is 1.36 bits per heavy atom. The van der Waals surface area contributed by atoms with Crippen LogP contribution in [0.5, 0.6) is 0 Å². The Labute approximate surface area is 85.2 Å². The predicted molar refractivity (Wildman–Crippen MR) is 55.0 cm³/mol. The smallest absolute Gasteiger partial charge is 0.303 e. The van der Waals surface area contributed by atoms with E-state index >= 15 is 0 Å². The highest BCUT2D eigenvalue weighted by Crippen LogP contribution is 2.09. The zero-order chi connectivity index (χ0) is 11.2. The SMILES string of the molecule is CCC(C)S(=O)(=O)CCCCC(=O)O. The minimum atomic E-state index is -3.00. The fourth-order valence-electron chi connectivity index (χ4n) is 1.03. The standard InChI is InChI=1S/C9H18O4S/c1-3-8(2)14(12,13)7-5-4-6-9(10)11/h8H,3-7H2,1-2H3,(H,10,11). The Morgan fingerprint density at radius 3 is 2.36 bits per heavy atom. The molecule has 0 aromatic carbocycles. The molecule has 0 amide bonds. The molecule has 1 N–H and O–H groups in total. The van der Waals surface area contributed by atoms with E-state index in [0.717, 1.165) is 0 Å². The first-order chi connectivity index (χ1) is 6.40. The van der Waals surface area contributed by atoms with Gasteiger partial charge in [0.1, 0.15) is 0 Å². The second-order valence-corrected chi connectivity index (χ2v) is 5.98. The molecule has 0 saturated heterocycles. The molecule has 84 valence electrons. The molecule has 0 spiro atoms. The first kappa shape index (κ1) is 13.4. The average molecular weight is 222 g/mol. The lowest BCUT2D eigenvalue weighted by atomic mass is 10.2. The van der Waals surface area contributed by atoms with Gasteiger partial charge in [0.25, 0.3) is 0 Å². The highest BCUT2D eigenvalue weighted by molar-refractivity contribution is 7.91. The quantitative estimate of drug-likeness (QED) is 0.662. The highest BCUT2D eigenvalue weighted by Gasteiger charge is 2.18. The van der Waals surface area contributed by atoms with Crippen molar-refractivity contribution in [3.8, 4) is 0 Å². The molecule has 0 heterocycles. The van der Waals surface area contributed by atoms with E-state index in [4.69, 9.17) is 5.11 Å². The Hall–Kier alpha value is -0.580. The first-order valence-corrected chi connectivity index (χ1v) is 6.55.